The summed E-state index contributed by atoms with van der Waals surface area (Å²) in [4.78, 5) is 20.9. The molecule has 1 N–H and O–H groups in total. The Morgan fingerprint density at radius 1 is 1.21 bits per heavy atom. The van der Waals surface area contributed by atoms with Gasteiger partial charge in [-0.2, -0.15) is 0 Å². The van der Waals surface area contributed by atoms with E-state index in [-0.39, 0.29) is 5.56 Å². The van der Waals surface area contributed by atoms with Crippen LogP contribution >= 0.6 is 11.3 Å². The molecule has 0 aliphatic rings. The van der Waals surface area contributed by atoms with E-state index in [2.05, 4.69) is 15.3 Å². The standard InChI is InChI=1S/C13H8FN3OS/c14-10-4-2-1-3-8(10)12(18)17-11-9-5-6-19-13(9)16-7-15-11/h1-7H,(H,15,16,17,18). The molecule has 6 heteroatoms. The fraction of sp³-hybridized carbons (Fsp3) is 0. The van der Waals surface area contributed by atoms with Gasteiger partial charge in [-0.1, -0.05) is 12.1 Å². The third-order valence-electron chi connectivity index (χ3n) is 2.61. The number of aromatic nitrogens is 2. The van der Waals surface area contributed by atoms with Crippen molar-refractivity contribution in [2.75, 3.05) is 5.32 Å². The molecule has 2 heterocycles. The summed E-state index contributed by atoms with van der Waals surface area (Å²) in [7, 11) is 0. The quantitative estimate of drug-likeness (QED) is 0.780. The van der Waals surface area contributed by atoms with Crippen molar-refractivity contribution in [1.82, 2.24) is 9.97 Å². The number of nitrogens with zero attached hydrogens (tertiary/aromatic N) is 2. The number of fused-ring (bicyclic) bond motifs is 1. The predicted octanol–water partition coefficient (Wildman–Crippen LogP) is 3.08. The lowest BCUT2D eigenvalue weighted by Gasteiger charge is -2.05. The van der Waals surface area contributed by atoms with Crippen LogP contribution in [-0.4, -0.2) is 15.9 Å². The van der Waals surface area contributed by atoms with Crippen LogP contribution in [0, 0.1) is 5.82 Å². The molecule has 1 amide bonds. The van der Waals surface area contributed by atoms with E-state index in [9.17, 15) is 9.18 Å². The maximum atomic E-state index is 13.5. The fourth-order valence-electron chi connectivity index (χ4n) is 1.71. The van der Waals surface area contributed by atoms with E-state index in [1.165, 1.54) is 35.9 Å². The zero-order chi connectivity index (χ0) is 13.2. The summed E-state index contributed by atoms with van der Waals surface area (Å²) >= 11 is 1.45. The van der Waals surface area contributed by atoms with Gasteiger partial charge < -0.3 is 5.32 Å². The van der Waals surface area contributed by atoms with E-state index < -0.39 is 11.7 Å². The molecule has 0 unspecified atom stereocenters. The lowest BCUT2D eigenvalue weighted by Crippen LogP contribution is -2.14. The third-order valence-corrected chi connectivity index (χ3v) is 3.43. The van der Waals surface area contributed by atoms with Crippen LogP contribution in [-0.2, 0) is 0 Å². The van der Waals surface area contributed by atoms with Gasteiger partial charge in [0.2, 0.25) is 0 Å². The Balaban J connectivity index is 1.95. The van der Waals surface area contributed by atoms with Gasteiger partial charge in [0.25, 0.3) is 5.91 Å². The second-order valence-electron chi connectivity index (χ2n) is 3.80. The summed E-state index contributed by atoms with van der Waals surface area (Å²) in [5, 5.41) is 5.21. The van der Waals surface area contributed by atoms with Crippen LogP contribution in [0.3, 0.4) is 0 Å². The van der Waals surface area contributed by atoms with Crippen molar-refractivity contribution in [3.63, 3.8) is 0 Å². The number of hydrogen-bond acceptors (Lipinski definition) is 4. The molecule has 4 nitrogen and oxygen atoms in total. The molecule has 2 aromatic heterocycles. The van der Waals surface area contributed by atoms with Crippen LogP contribution in [0.1, 0.15) is 10.4 Å². The van der Waals surface area contributed by atoms with Crippen LogP contribution < -0.4 is 5.32 Å². The van der Waals surface area contributed by atoms with Crippen molar-refractivity contribution in [3.05, 3.63) is 53.4 Å². The molecule has 94 valence electrons. The molecule has 0 atom stereocenters. The van der Waals surface area contributed by atoms with Gasteiger partial charge in [-0.05, 0) is 23.6 Å². The molecule has 1 aromatic carbocycles. The number of halogens is 1. The smallest absolute Gasteiger partial charge is 0.259 e. The number of carbonyl (C=O) groups is 1. The second-order valence-corrected chi connectivity index (χ2v) is 4.69. The Morgan fingerprint density at radius 2 is 2.05 bits per heavy atom. The number of hydrogen-bond donors (Lipinski definition) is 1. The van der Waals surface area contributed by atoms with Gasteiger partial charge in [0, 0.05) is 0 Å². The highest BCUT2D eigenvalue weighted by atomic mass is 32.1. The van der Waals surface area contributed by atoms with E-state index in [0.29, 0.717) is 5.82 Å². The molecule has 0 saturated carbocycles. The number of carbonyl (C=O) groups excluding carboxylic acids is 1. The molecular formula is C13H8FN3OS. The summed E-state index contributed by atoms with van der Waals surface area (Å²) in [5.41, 5.74) is -0.00973. The Hall–Kier alpha value is -2.34. The molecule has 0 fully saturated rings. The van der Waals surface area contributed by atoms with Crippen LogP contribution in [0.15, 0.2) is 42.0 Å². The molecule has 0 aliphatic heterocycles. The summed E-state index contributed by atoms with van der Waals surface area (Å²) in [5.74, 6) is -0.695. The number of anilines is 1. The van der Waals surface area contributed by atoms with Crippen molar-refractivity contribution in [1.29, 1.82) is 0 Å². The first-order valence-electron chi connectivity index (χ1n) is 5.50. The highest BCUT2D eigenvalue weighted by molar-refractivity contribution is 7.16. The molecule has 0 aliphatic carbocycles. The largest absolute Gasteiger partial charge is 0.306 e. The van der Waals surface area contributed by atoms with Gasteiger partial charge in [0.05, 0.1) is 10.9 Å². The monoisotopic (exact) mass is 273 g/mol. The van der Waals surface area contributed by atoms with E-state index in [1.54, 1.807) is 6.07 Å². The zero-order valence-corrected chi connectivity index (χ0v) is 10.4. The fourth-order valence-corrected chi connectivity index (χ4v) is 2.44. The van der Waals surface area contributed by atoms with Gasteiger partial charge in [0.15, 0.2) is 0 Å². The first kappa shape index (κ1) is 11.7. The van der Waals surface area contributed by atoms with Crippen molar-refractivity contribution in [2.24, 2.45) is 0 Å². The third kappa shape index (κ3) is 2.17. The lowest BCUT2D eigenvalue weighted by molar-refractivity contribution is 0.102. The molecule has 0 saturated heterocycles. The molecular weight excluding hydrogens is 265 g/mol. The SMILES string of the molecule is O=C(Nc1ncnc2sccc12)c1ccccc1F. The number of thiophene rings is 1. The molecule has 0 spiro atoms. The van der Waals surface area contributed by atoms with E-state index in [1.807, 2.05) is 11.4 Å². The number of amides is 1. The maximum absolute atomic E-state index is 13.5. The minimum atomic E-state index is -0.560. The summed E-state index contributed by atoms with van der Waals surface area (Å²) in [6, 6.07) is 7.63. The van der Waals surface area contributed by atoms with E-state index >= 15 is 0 Å². The highest BCUT2D eigenvalue weighted by Gasteiger charge is 2.13. The van der Waals surface area contributed by atoms with Crippen molar-refractivity contribution >= 4 is 33.3 Å². The summed E-state index contributed by atoms with van der Waals surface area (Å²) < 4.78 is 13.5. The normalized spacial score (nSPS) is 10.6. The number of rotatable bonds is 2. The van der Waals surface area contributed by atoms with Gasteiger partial charge in [-0.15, -0.1) is 11.3 Å². The van der Waals surface area contributed by atoms with Gasteiger partial charge in [0.1, 0.15) is 22.8 Å². The Kier molecular flexibility index (Phi) is 2.92. The maximum Gasteiger partial charge on any atom is 0.259 e. The highest BCUT2D eigenvalue weighted by Crippen LogP contribution is 2.24. The minimum Gasteiger partial charge on any atom is -0.306 e. The van der Waals surface area contributed by atoms with Crippen LogP contribution in [0.4, 0.5) is 10.2 Å². The van der Waals surface area contributed by atoms with E-state index in [0.717, 1.165) is 10.2 Å². The minimum absolute atomic E-state index is 0.00973. The van der Waals surface area contributed by atoms with E-state index in [4.69, 9.17) is 0 Å². The summed E-state index contributed by atoms with van der Waals surface area (Å²) in [6.45, 7) is 0. The number of nitrogens with one attached hydrogen (secondary N) is 1. The first-order chi connectivity index (χ1) is 9.25. The lowest BCUT2D eigenvalue weighted by atomic mass is 10.2. The molecule has 3 aromatic rings. The first-order valence-corrected chi connectivity index (χ1v) is 6.38. The Labute approximate surface area is 111 Å². The number of benzene rings is 1. The molecule has 3 rings (SSSR count). The van der Waals surface area contributed by atoms with Crippen molar-refractivity contribution in [2.45, 2.75) is 0 Å². The molecule has 0 radical (unpaired) electrons. The van der Waals surface area contributed by atoms with Crippen LogP contribution in [0.25, 0.3) is 10.2 Å². The predicted molar refractivity (Wildman–Crippen MR) is 71.8 cm³/mol. The van der Waals surface area contributed by atoms with Gasteiger partial charge in [-0.3, -0.25) is 4.79 Å². The Morgan fingerprint density at radius 3 is 2.89 bits per heavy atom. The van der Waals surface area contributed by atoms with Crippen LogP contribution in [0.5, 0.6) is 0 Å². The van der Waals surface area contributed by atoms with Crippen molar-refractivity contribution < 1.29 is 9.18 Å². The Bertz CT molecular complexity index is 756. The van der Waals surface area contributed by atoms with Crippen LogP contribution in [0.2, 0.25) is 0 Å². The second kappa shape index (κ2) is 4.74. The van der Waals surface area contributed by atoms with Crippen molar-refractivity contribution in [3.8, 4) is 0 Å². The van der Waals surface area contributed by atoms with Gasteiger partial charge in [-0.25, -0.2) is 14.4 Å². The average Bonchev–Trinajstić information content (AvgIpc) is 2.88. The topological polar surface area (TPSA) is 54.9 Å². The zero-order valence-electron chi connectivity index (χ0n) is 9.63. The molecule has 19 heavy (non-hydrogen) atoms. The molecule has 0 bridgehead atoms. The average molecular weight is 273 g/mol. The van der Waals surface area contributed by atoms with Gasteiger partial charge >= 0.3 is 0 Å². The summed E-state index contributed by atoms with van der Waals surface area (Å²) in [6.07, 6.45) is 1.37.